The van der Waals surface area contributed by atoms with Crippen molar-refractivity contribution in [1.29, 1.82) is 0 Å². The molecule has 4 rings (SSSR count). The molecule has 0 radical (unpaired) electrons. The van der Waals surface area contributed by atoms with Gasteiger partial charge in [0.05, 0.1) is 25.7 Å². The number of aryl methyl sites for hydroxylation is 1. The van der Waals surface area contributed by atoms with Gasteiger partial charge in [-0.15, -0.1) is 0 Å². The Bertz CT molecular complexity index is 734. The van der Waals surface area contributed by atoms with Crippen molar-refractivity contribution in [2.24, 2.45) is 5.92 Å². The van der Waals surface area contributed by atoms with Gasteiger partial charge in [-0.1, -0.05) is 5.16 Å². The van der Waals surface area contributed by atoms with Crippen molar-refractivity contribution >= 4 is 23.5 Å². The van der Waals surface area contributed by atoms with Crippen LogP contribution in [-0.4, -0.2) is 78.1 Å². The number of hydrogen-bond donors (Lipinski definition) is 0. The predicted molar refractivity (Wildman–Crippen MR) is 93.8 cm³/mol. The number of hydrogen-bond acceptors (Lipinski definition) is 7. The first-order valence-corrected chi connectivity index (χ1v) is 9.45. The first kappa shape index (κ1) is 18.1. The summed E-state index contributed by atoms with van der Waals surface area (Å²) >= 11 is 0. The van der Waals surface area contributed by atoms with Crippen LogP contribution in [0.25, 0.3) is 0 Å². The van der Waals surface area contributed by atoms with E-state index in [9.17, 15) is 14.4 Å². The van der Waals surface area contributed by atoms with E-state index in [2.05, 4.69) is 5.16 Å². The molecule has 146 valence electrons. The second kappa shape index (κ2) is 7.40. The normalized spacial score (nSPS) is 25.4. The van der Waals surface area contributed by atoms with E-state index >= 15 is 0 Å². The molecule has 3 aliphatic heterocycles. The Kier molecular flexibility index (Phi) is 4.96. The molecule has 9 heteroatoms. The fourth-order valence-corrected chi connectivity index (χ4v) is 4.10. The summed E-state index contributed by atoms with van der Waals surface area (Å²) in [6.45, 7) is 5.49. The molecule has 0 saturated carbocycles. The van der Waals surface area contributed by atoms with E-state index < -0.39 is 6.04 Å². The number of carbonyl (C=O) groups is 3. The van der Waals surface area contributed by atoms with Crippen molar-refractivity contribution in [3.8, 4) is 0 Å². The van der Waals surface area contributed by atoms with Gasteiger partial charge < -0.3 is 14.2 Å². The minimum atomic E-state index is -0.478. The fourth-order valence-electron chi connectivity index (χ4n) is 4.10. The summed E-state index contributed by atoms with van der Waals surface area (Å²) in [6, 6.07) is 1.11. The standard InChI is InChI=1S/C18H24N4O5/c1-12-10-15(19-27-12)22-16(23)11-14(18(22)25)20-4-2-13(3-5-20)17(24)21-6-8-26-9-7-21/h10,13-14H,2-9,11H2,1H3/t14-/m0/s1. The smallest absolute Gasteiger partial charge is 0.252 e. The minimum Gasteiger partial charge on any atom is -0.378 e. The molecule has 3 aliphatic rings. The molecule has 1 aromatic heterocycles. The number of nitrogens with zero attached hydrogens (tertiary/aromatic N) is 4. The Morgan fingerprint density at radius 1 is 1.15 bits per heavy atom. The molecule has 0 aromatic carbocycles. The van der Waals surface area contributed by atoms with Crippen LogP contribution >= 0.6 is 0 Å². The van der Waals surface area contributed by atoms with Crippen molar-refractivity contribution < 1.29 is 23.6 Å². The van der Waals surface area contributed by atoms with Gasteiger partial charge in [0.15, 0.2) is 5.82 Å². The Labute approximate surface area is 157 Å². The number of likely N-dealkylation sites (tertiary alicyclic amines) is 1. The van der Waals surface area contributed by atoms with Crippen LogP contribution < -0.4 is 4.90 Å². The maximum absolute atomic E-state index is 12.8. The second-order valence-corrected chi connectivity index (χ2v) is 7.33. The molecule has 1 aromatic rings. The summed E-state index contributed by atoms with van der Waals surface area (Å²) < 4.78 is 10.3. The molecule has 0 N–H and O–H groups in total. The quantitative estimate of drug-likeness (QED) is 0.695. The van der Waals surface area contributed by atoms with Gasteiger partial charge in [-0.2, -0.15) is 0 Å². The van der Waals surface area contributed by atoms with E-state index in [0.717, 1.165) is 4.90 Å². The van der Waals surface area contributed by atoms with Crippen LogP contribution in [0, 0.1) is 12.8 Å². The van der Waals surface area contributed by atoms with E-state index in [4.69, 9.17) is 9.26 Å². The number of morpholine rings is 1. The minimum absolute atomic E-state index is 0.0131. The summed E-state index contributed by atoms with van der Waals surface area (Å²) in [5.74, 6) is 0.460. The van der Waals surface area contributed by atoms with Crippen molar-refractivity contribution in [3.05, 3.63) is 11.8 Å². The molecule has 3 amide bonds. The van der Waals surface area contributed by atoms with E-state index in [1.807, 2.05) is 9.80 Å². The summed E-state index contributed by atoms with van der Waals surface area (Å²) in [6.07, 6.45) is 1.56. The van der Waals surface area contributed by atoms with Gasteiger partial charge >= 0.3 is 0 Å². The second-order valence-electron chi connectivity index (χ2n) is 7.33. The molecule has 0 aliphatic carbocycles. The SMILES string of the molecule is Cc1cc(N2C(=O)C[C@H](N3CCC(C(=O)N4CCOCC4)CC3)C2=O)no1. The number of aromatic nitrogens is 1. The van der Waals surface area contributed by atoms with Crippen LogP contribution in [0.4, 0.5) is 5.82 Å². The molecular weight excluding hydrogens is 352 g/mol. The first-order chi connectivity index (χ1) is 13.0. The predicted octanol–water partition coefficient (Wildman–Crippen LogP) is 0.186. The number of imide groups is 1. The molecule has 3 fully saturated rings. The van der Waals surface area contributed by atoms with Gasteiger partial charge in [0, 0.05) is 25.1 Å². The van der Waals surface area contributed by atoms with Crippen LogP contribution in [0.2, 0.25) is 0 Å². The van der Waals surface area contributed by atoms with Crippen LogP contribution in [0.5, 0.6) is 0 Å². The van der Waals surface area contributed by atoms with Gasteiger partial charge in [-0.05, 0) is 32.9 Å². The molecule has 0 unspecified atom stereocenters. The highest BCUT2D eigenvalue weighted by atomic mass is 16.5. The number of anilines is 1. The monoisotopic (exact) mass is 376 g/mol. The van der Waals surface area contributed by atoms with E-state index in [1.54, 1.807) is 13.0 Å². The highest BCUT2D eigenvalue weighted by molar-refractivity contribution is 6.21. The van der Waals surface area contributed by atoms with Crippen LogP contribution in [-0.2, 0) is 19.1 Å². The fraction of sp³-hybridized carbons (Fsp3) is 0.667. The molecule has 4 heterocycles. The number of piperidine rings is 1. The average molecular weight is 376 g/mol. The third-order valence-corrected chi connectivity index (χ3v) is 5.61. The van der Waals surface area contributed by atoms with Gasteiger partial charge in [0.25, 0.3) is 5.91 Å². The lowest BCUT2D eigenvalue weighted by molar-refractivity contribution is -0.141. The van der Waals surface area contributed by atoms with Crippen molar-refractivity contribution in [3.63, 3.8) is 0 Å². The van der Waals surface area contributed by atoms with Crippen LogP contribution in [0.3, 0.4) is 0 Å². The third-order valence-electron chi connectivity index (χ3n) is 5.61. The lowest BCUT2D eigenvalue weighted by Crippen LogP contribution is -2.50. The Morgan fingerprint density at radius 3 is 2.48 bits per heavy atom. The Morgan fingerprint density at radius 2 is 1.85 bits per heavy atom. The highest BCUT2D eigenvalue weighted by Gasteiger charge is 2.45. The Hall–Kier alpha value is -2.26. The van der Waals surface area contributed by atoms with Crippen LogP contribution in [0.15, 0.2) is 10.6 Å². The first-order valence-electron chi connectivity index (χ1n) is 9.45. The number of rotatable bonds is 3. The van der Waals surface area contributed by atoms with Crippen molar-refractivity contribution in [2.45, 2.75) is 32.2 Å². The molecular formula is C18H24N4O5. The Balaban J connectivity index is 1.36. The third kappa shape index (κ3) is 3.49. The summed E-state index contributed by atoms with van der Waals surface area (Å²) in [5.41, 5.74) is 0. The zero-order valence-corrected chi connectivity index (χ0v) is 15.4. The van der Waals surface area contributed by atoms with Gasteiger partial charge in [0.2, 0.25) is 11.8 Å². The van der Waals surface area contributed by atoms with Gasteiger partial charge in [-0.25, -0.2) is 4.90 Å². The summed E-state index contributed by atoms with van der Waals surface area (Å²) in [5, 5.41) is 3.80. The summed E-state index contributed by atoms with van der Waals surface area (Å²) in [4.78, 5) is 42.8. The van der Waals surface area contributed by atoms with Gasteiger partial charge in [-0.3, -0.25) is 19.3 Å². The molecule has 9 nitrogen and oxygen atoms in total. The van der Waals surface area contributed by atoms with Crippen molar-refractivity contribution in [2.75, 3.05) is 44.3 Å². The average Bonchev–Trinajstić information content (AvgIpc) is 3.24. The number of amides is 3. The molecule has 1 atom stereocenters. The zero-order valence-electron chi connectivity index (χ0n) is 15.4. The lowest BCUT2D eigenvalue weighted by Gasteiger charge is -2.37. The molecule has 3 saturated heterocycles. The summed E-state index contributed by atoms with van der Waals surface area (Å²) in [7, 11) is 0. The van der Waals surface area contributed by atoms with Crippen LogP contribution in [0.1, 0.15) is 25.0 Å². The highest BCUT2D eigenvalue weighted by Crippen LogP contribution is 2.29. The lowest BCUT2D eigenvalue weighted by atomic mass is 9.94. The van der Waals surface area contributed by atoms with Crippen molar-refractivity contribution in [1.82, 2.24) is 15.0 Å². The van der Waals surface area contributed by atoms with Gasteiger partial charge in [0.1, 0.15) is 5.76 Å². The maximum Gasteiger partial charge on any atom is 0.252 e. The van der Waals surface area contributed by atoms with E-state index in [0.29, 0.717) is 58.0 Å². The van der Waals surface area contributed by atoms with E-state index in [-0.39, 0.29) is 35.9 Å². The number of ether oxygens (including phenoxy) is 1. The largest absolute Gasteiger partial charge is 0.378 e. The van der Waals surface area contributed by atoms with E-state index in [1.165, 1.54) is 0 Å². The maximum atomic E-state index is 12.8. The molecule has 0 bridgehead atoms. The zero-order chi connectivity index (χ0) is 19.0. The number of carbonyl (C=O) groups excluding carboxylic acids is 3. The molecule has 0 spiro atoms. The topological polar surface area (TPSA) is 96.2 Å². The molecule has 27 heavy (non-hydrogen) atoms.